The normalized spacial score (nSPS) is 12.5. The van der Waals surface area contributed by atoms with Crippen LogP contribution in [0.3, 0.4) is 0 Å². The van der Waals surface area contributed by atoms with Gasteiger partial charge in [-0.15, -0.1) is 11.3 Å². The van der Waals surface area contributed by atoms with E-state index in [2.05, 4.69) is 10.3 Å². The van der Waals surface area contributed by atoms with Crippen LogP contribution in [-0.4, -0.2) is 17.4 Å². The number of amides is 1. The summed E-state index contributed by atoms with van der Waals surface area (Å²) in [5, 5.41) is 3.78. The van der Waals surface area contributed by atoms with Crippen molar-refractivity contribution in [3.63, 3.8) is 0 Å². The third-order valence-electron chi connectivity index (χ3n) is 1.76. The zero-order valence-electron chi connectivity index (χ0n) is 8.41. The Morgan fingerprint density at radius 2 is 2.50 bits per heavy atom. The van der Waals surface area contributed by atoms with E-state index in [1.807, 2.05) is 20.0 Å². The zero-order valence-corrected chi connectivity index (χ0v) is 9.23. The third kappa shape index (κ3) is 3.08. The zero-order chi connectivity index (χ0) is 10.6. The Bertz CT molecular complexity index is 311. The molecule has 78 valence electrons. The molecule has 0 aliphatic carbocycles. The van der Waals surface area contributed by atoms with Gasteiger partial charge in [0.25, 0.3) is 0 Å². The first-order valence-corrected chi connectivity index (χ1v) is 5.37. The molecule has 1 amide bonds. The van der Waals surface area contributed by atoms with Crippen LogP contribution in [-0.2, 0) is 4.79 Å². The summed E-state index contributed by atoms with van der Waals surface area (Å²) in [4.78, 5) is 16.6. The predicted molar refractivity (Wildman–Crippen MR) is 57.1 cm³/mol. The van der Waals surface area contributed by atoms with Crippen LogP contribution < -0.4 is 11.1 Å². The van der Waals surface area contributed by atoms with E-state index in [0.29, 0.717) is 13.0 Å². The lowest BCUT2D eigenvalue weighted by Gasteiger charge is -2.10. The molecule has 0 fully saturated rings. The van der Waals surface area contributed by atoms with E-state index in [0.717, 1.165) is 9.88 Å². The number of hydrogen-bond acceptors (Lipinski definition) is 4. The Morgan fingerprint density at radius 3 is 3.00 bits per heavy atom. The summed E-state index contributed by atoms with van der Waals surface area (Å²) in [6.45, 7) is 4.30. The van der Waals surface area contributed by atoms with Gasteiger partial charge in [0.1, 0.15) is 5.01 Å². The van der Waals surface area contributed by atoms with E-state index in [1.54, 1.807) is 11.3 Å². The van der Waals surface area contributed by atoms with Crippen molar-refractivity contribution in [2.75, 3.05) is 6.54 Å². The first kappa shape index (κ1) is 11.1. The second-order valence-electron chi connectivity index (χ2n) is 3.14. The van der Waals surface area contributed by atoms with Crippen molar-refractivity contribution in [1.29, 1.82) is 0 Å². The monoisotopic (exact) mass is 213 g/mol. The minimum Gasteiger partial charge on any atom is -0.347 e. The molecule has 1 aromatic rings. The van der Waals surface area contributed by atoms with Crippen LogP contribution in [0.15, 0.2) is 6.20 Å². The fourth-order valence-corrected chi connectivity index (χ4v) is 1.86. The van der Waals surface area contributed by atoms with E-state index in [4.69, 9.17) is 5.73 Å². The SMILES string of the molecule is Cc1cnc(C(C)NC(=O)CCN)s1. The second kappa shape index (κ2) is 5.07. The second-order valence-corrected chi connectivity index (χ2v) is 4.40. The highest BCUT2D eigenvalue weighted by Gasteiger charge is 2.11. The van der Waals surface area contributed by atoms with Gasteiger partial charge in [-0.05, 0) is 13.8 Å². The van der Waals surface area contributed by atoms with Gasteiger partial charge in [-0.2, -0.15) is 0 Å². The summed E-state index contributed by atoms with van der Waals surface area (Å²) < 4.78 is 0. The molecule has 0 aromatic carbocycles. The van der Waals surface area contributed by atoms with Gasteiger partial charge in [0, 0.05) is 24.0 Å². The summed E-state index contributed by atoms with van der Waals surface area (Å²) in [5.41, 5.74) is 5.27. The van der Waals surface area contributed by atoms with Gasteiger partial charge in [0.15, 0.2) is 0 Å². The number of nitrogens with two attached hydrogens (primary N) is 1. The molecule has 5 heteroatoms. The van der Waals surface area contributed by atoms with Crippen LogP contribution in [0.4, 0.5) is 0 Å². The van der Waals surface area contributed by atoms with Crippen LogP contribution in [0.25, 0.3) is 0 Å². The molecule has 0 aliphatic rings. The molecule has 1 rings (SSSR count). The Balaban J connectivity index is 2.50. The molecule has 14 heavy (non-hydrogen) atoms. The van der Waals surface area contributed by atoms with Gasteiger partial charge in [-0.25, -0.2) is 4.98 Å². The molecular weight excluding hydrogens is 198 g/mol. The van der Waals surface area contributed by atoms with Gasteiger partial charge in [0.05, 0.1) is 6.04 Å². The molecule has 0 radical (unpaired) electrons. The Kier molecular flexibility index (Phi) is 4.03. The van der Waals surface area contributed by atoms with E-state index < -0.39 is 0 Å². The predicted octanol–water partition coefficient (Wildman–Crippen LogP) is 0.978. The first-order chi connectivity index (χ1) is 6.63. The first-order valence-electron chi connectivity index (χ1n) is 4.55. The number of nitrogens with zero attached hydrogens (tertiary/aromatic N) is 1. The molecular formula is C9H15N3OS. The van der Waals surface area contributed by atoms with Crippen molar-refractivity contribution in [1.82, 2.24) is 10.3 Å². The van der Waals surface area contributed by atoms with Crippen LogP contribution in [0, 0.1) is 6.92 Å². The molecule has 1 atom stereocenters. The molecule has 0 spiro atoms. The van der Waals surface area contributed by atoms with Crippen LogP contribution in [0.1, 0.15) is 29.3 Å². The molecule has 3 N–H and O–H groups in total. The average Bonchev–Trinajstić information content (AvgIpc) is 2.52. The highest BCUT2D eigenvalue weighted by atomic mass is 32.1. The minimum absolute atomic E-state index is 0.0205. The number of thiazole rings is 1. The largest absolute Gasteiger partial charge is 0.347 e. The summed E-state index contributed by atoms with van der Waals surface area (Å²) in [6.07, 6.45) is 2.18. The van der Waals surface area contributed by atoms with Crippen LogP contribution in [0.2, 0.25) is 0 Å². The van der Waals surface area contributed by atoms with Crippen molar-refractivity contribution < 1.29 is 4.79 Å². The van der Waals surface area contributed by atoms with Gasteiger partial charge in [0.2, 0.25) is 5.91 Å². The van der Waals surface area contributed by atoms with E-state index in [9.17, 15) is 4.79 Å². The molecule has 0 saturated heterocycles. The van der Waals surface area contributed by atoms with Crippen LogP contribution in [0.5, 0.6) is 0 Å². The van der Waals surface area contributed by atoms with Crippen molar-refractivity contribution in [2.24, 2.45) is 5.73 Å². The van der Waals surface area contributed by atoms with E-state index >= 15 is 0 Å². The maximum absolute atomic E-state index is 11.2. The third-order valence-corrected chi connectivity index (χ3v) is 2.85. The molecule has 0 bridgehead atoms. The number of carbonyl (C=O) groups excluding carboxylic acids is 1. The fraction of sp³-hybridized carbons (Fsp3) is 0.556. The van der Waals surface area contributed by atoms with Gasteiger partial charge in [-0.3, -0.25) is 4.79 Å². The molecule has 0 saturated carbocycles. The van der Waals surface area contributed by atoms with Crippen LogP contribution >= 0.6 is 11.3 Å². The molecule has 1 unspecified atom stereocenters. The fourth-order valence-electron chi connectivity index (χ4n) is 1.08. The number of nitrogens with one attached hydrogen (secondary N) is 1. The molecule has 4 nitrogen and oxygen atoms in total. The molecule has 1 heterocycles. The lowest BCUT2D eigenvalue weighted by molar-refractivity contribution is -0.121. The lowest BCUT2D eigenvalue weighted by Crippen LogP contribution is -2.28. The summed E-state index contributed by atoms with van der Waals surface area (Å²) in [6, 6.07) is -0.0206. The highest BCUT2D eigenvalue weighted by molar-refractivity contribution is 7.11. The van der Waals surface area contributed by atoms with Crippen molar-refractivity contribution >= 4 is 17.2 Å². The smallest absolute Gasteiger partial charge is 0.221 e. The maximum atomic E-state index is 11.2. The quantitative estimate of drug-likeness (QED) is 0.783. The standard InChI is InChI=1S/C9H15N3OS/c1-6-5-11-9(14-6)7(2)12-8(13)3-4-10/h5,7H,3-4,10H2,1-2H3,(H,12,13). The number of carbonyl (C=O) groups is 1. The summed E-state index contributed by atoms with van der Waals surface area (Å²) in [5.74, 6) is -0.0205. The number of aromatic nitrogens is 1. The number of aryl methyl sites for hydroxylation is 1. The number of rotatable bonds is 4. The highest BCUT2D eigenvalue weighted by Crippen LogP contribution is 2.18. The Labute approximate surface area is 87.5 Å². The van der Waals surface area contributed by atoms with E-state index in [1.165, 1.54) is 0 Å². The lowest BCUT2D eigenvalue weighted by atomic mass is 10.3. The van der Waals surface area contributed by atoms with Gasteiger partial charge in [-0.1, -0.05) is 0 Å². The van der Waals surface area contributed by atoms with Gasteiger partial charge >= 0.3 is 0 Å². The Hall–Kier alpha value is -0.940. The summed E-state index contributed by atoms with van der Waals surface area (Å²) in [7, 11) is 0. The minimum atomic E-state index is -0.0206. The van der Waals surface area contributed by atoms with Gasteiger partial charge < -0.3 is 11.1 Å². The Morgan fingerprint density at radius 1 is 1.79 bits per heavy atom. The molecule has 1 aromatic heterocycles. The average molecular weight is 213 g/mol. The topological polar surface area (TPSA) is 68.0 Å². The maximum Gasteiger partial charge on any atom is 0.221 e. The number of hydrogen-bond donors (Lipinski definition) is 2. The summed E-state index contributed by atoms with van der Waals surface area (Å²) >= 11 is 1.60. The van der Waals surface area contributed by atoms with Crippen molar-refractivity contribution in [3.8, 4) is 0 Å². The van der Waals surface area contributed by atoms with E-state index in [-0.39, 0.29) is 11.9 Å². The molecule has 0 aliphatic heterocycles. The van der Waals surface area contributed by atoms with Crippen molar-refractivity contribution in [3.05, 3.63) is 16.1 Å². The van der Waals surface area contributed by atoms with Crippen molar-refractivity contribution in [2.45, 2.75) is 26.3 Å².